The molecule has 1 rings (SSSR count). The fourth-order valence-corrected chi connectivity index (χ4v) is 1.33. The second kappa shape index (κ2) is 6.16. The molecule has 0 aliphatic heterocycles. The van der Waals surface area contributed by atoms with Crippen molar-refractivity contribution in [3.8, 4) is 0 Å². The van der Waals surface area contributed by atoms with Gasteiger partial charge in [-0.05, 0) is 38.0 Å². The number of aliphatic carboxylic acids is 1. The first kappa shape index (κ1) is 14.2. The van der Waals surface area contributed by atoms with Gasteiger partial charge in [-0.15, -0.1) is 0 Å². The van der Waals surface area contributed by atoms with E-state index in [4.69, 9.17) is 9.84 Å². The van der Waals surface area contributed by atoms with Crippen molar-refractivity contribution in [2.75, 3.05) is 11.9 Å². The Morgan fingerprint density at radius 3 is 2.67 bits per heavy atom. The Kier molecular flexibility index (Phi) is 4.85. The van der Waals surface area contributed by atoms with E-state index in [0.717, 1.165) is 11.1 Å². The molecule has 18 heavy (non-hydrogen) atoms. The maximum Gasteiger partial charge on any atom is 0.332 e. The van der Waals surface area contributed by atoms with Crippen molar-refractivity contribution in [3.05, 3.63) is 29.3 Å². The zero-order chi connectivity index (χ0) is 13.7. The van der Waals surface area contributed by atoms with Gasteiger partial charge in [-0.25, -0.2) is 4.79 Å². The Hall–Kier alpha value is -1.88. The van der Waals surface area contributed by atoms with Crippen LogP contribution >= 0.6 is 0 Å². The molecule has 0 saturated carbocycles. The third kappa shape index (κ3) is 4.18. The van der Waals surface area contributed by atoms with Crippen molar-refractivity contribution in [1.29, 1.82) is 0 Å². The summed E-state index contributed by atoms with van der Waals surface area (Å²) >= 11 is 0. The zero-order valence-corrected chi connectivity index (χ0v) is 10.7. The maximum absolute atomic E-state index is 11.6. The molecule has 0 saturated heterocycles. The summed E-state index contributed by atoms with van der Waals surface area (Å²) < 4.78 is 4.90. The smallest absolute Gasteiger partial charge is 0.332 e. The molecule has 0 fully saturated rings. The minimum absolute atomic E-state index is 0.277. The van der Waals surface area contributed by atoms with Crippen LogP contribution in [-0.4, -0.2) is 29.7 Å². The first-order valence-electron chi connectivity index (χ1n) is 5.61. The summed E-state index contributed by atoms with van der Waals surface area (Å²) in [6.07, 6.45) is -0.991. The van der Waals surface area contributed by atoms with Crippen LogP contribution in [0, 0.1) is 13.8 Å². The quantitative estimate of drug-likeness (QED) is 0.835. The summed E-state index contributed by atoms with van der Waals surface area (Å²) in [6.45, 7) is 4.92. The number of anilines is 1. The summed E-state index contributed by atoms with van der Waals surface area (Å²) in [5, 5.41) is 11.3. The van der Waals surface area contributed by atoms with Crippen molar-refractivity contribution >= 4 is 17.6 Å². The second-order valence-electron chi connectivity index (χ2n) is 4.16. The van der Waals surface area contributed by atoms with Gasteiger partial charge in [0, 0.05) is 5.69 Å². The monoisotopic (exact) mass is 251 g/mol. The summed E-state index contributed by atoms with van der Waals surface area (Å²) in [5.41, 5.74) is 2.70. The van der Waals surface area contributed by atoms with E-state index in [2.05, 4.69) is 5.32 Å². The molecule has 0 aromatic heterocycles. The van der Waals surface area contributed by atoms with Gasteiger partial charge in [-0.3, -0.25) is 4.79 Å². The highest BCUT2D eigenvalue weighted by Crippen LogP contribution is 2.16. The average molecular weight is 251 g/mol. The van der Waals surface area contributed by atoms with E-state index in [1.54, 1.807) is 0 Å². The number of carbonyl (C=O) groups excluding carboxylic acids is 1. The highest BCUT2D eigenvalue weighted by atomic mass is 16.5. The van der Waals surface area contributed by atoms with Crippen LogP contribution in [-0.2, 0) is 14.3 Å². The molecule has 0 unspecified atom stereocenters. The molecule has 0 heterocycles. The number of nitrogens with one attached hydrogen (secondary N) is 1. The summed E-state index contributed by atoms with van der Waals surface area (Å²) in [6, 6.07) is 5.72. The third-order valence-corrected chi connectivity index (χ3v) is 2.48. The Morgan fingerprint density at radius 1 is 1.39 bits per heavy atom. The highest BCUT2D eigenvalue weighted by Gasteiger charge is 2.13. The lowest BCUT2D eigenvalue weighted by molar-refractivity contribution is -0.150. The van der Waals surface area contributed by atoms with Gasteiger partial charge >= 0.3 is 5.97 Å². The van der Waals surface area contributed by atoms with Gasteiger partial charge in [-0.2, -0.15) is 0 Å². The van der Waals surface area contributed by atoms with Crippen LogP contribution in [0.4, 0.5) is 5.69 Å². The molecule has 0 radical (unpaired) electrons. The molecule has 1 aromatic carbocycles. The molecular formula is C13H17NO4. The van der Waals surface area contributed by atoms with Crippen molar-refractivity contribution < 1.29 is 19.4 Å². The lowest BCUT2D eigenvalue weighted by Crippen LogP contribution is -2.26. The van der Waals surface area contributed by atoms with E-state index in [9.17, 15) is 9.59 Å². The molecule has 1 atom stereocenters. The molecule has 0 aliphatic carbocycles. The number of benzene rings is 1. The molecule has 5 nitrogen and oxygen atoms in total. The SMILES string of the molecule is Cc1ccc(C)c(NC(=O)CO[C@H](C)C(=O)O)c1. The standard InChI is InChI=1S/C13H17NO4/c1-8-4-5-9(2)11(6-8)14-12(15)7-18-10(3)13(16)17/h4-6,10H,7H2,1-3H3,(H,14,15)(H,16,17)/t10-/m1/s1. The average Bonchev–Trinajstić information content (AvgIpc) is 2.30. The maximum atomic E-state index is 11.6. The molecule has 0 spiro atoms. The zero-order valence-electron chi connectivity index (χ0n) is 10.7. The Labute approximate surface area is 106 Å². The molecule has 5 heteroatoms. The topological polar surface area (TPSA) is 75.6 Å². The number of carbonyl (C=O) groups is 2. The van der Waals surface area contributed by atoms with Gasteiger partial charge in [0.2, 0.25) is 5.91 Å². The first-order chi connectivity index (χ1) is 8.40. The van der Waals surface area contributed by atoms with Crippen LogP contribution in [0.2, 0.25) is 0 Å². The number of rotatable bonds is 5. The minimum Gasteiger partial charge on any atom is -0.479 e. The predicted molar refractivity (Wildman–Crippen MR) is 67.6 cm³/mol. The third-order valence-electron chi connectivity index (χ3n) is 2.48. The van der Waals surface area contributed by atoms with Gasteiger partial charge in [0.25, 0.3) is 0 Å². The van der Waals surface area contributed by atoms with Gasteiger partial charge in [0.05, 0.1) is 0 Å². The van der Waals surface area contributed by atoms with Gasteiger partial charge in [0.1, 0.15) is 6.61 Å². The van der Waals surface area contributed by atoms with E-state index in [0.29, 0.717) is 5.69 Å². The second-order valence-corrected chi connectivity index (χ2v) is 4.16. The van der Waals surface area contributed by atoms with Gasteiger partial charge in [-0.1, -0.05) is 12.1 Å². The van der Waals surface area contributed by atoms with Crippen LogP contribution < -0.4 is 5.32 Å². The Morgan fingerprint density at radius 2 is 2.06 bits per heavy atom. The van der Waals surface area contributed by atoms with Crippen molar-refractivity contribution in [2.24, 2.45) is 0 Å². The fourth-order valence-electron chi connectivity index (χ4n) is 1.33. The number of carboxylic acid groups (broad SMARTS) is 1. The predicted octanol–water partition coefficient (Wildman–Crippen LogP) is 1.73. The minimum atomic E-state index is -1.09. The molecule has 0 aliphatic rings. The normalized spacial score (nSPS) is 11.9. The van der Waals surface area contributed by atoms with Crippen LogP contribution in [0.15, 0.2) is 18.2 Å². The molecule has 0 bridgehead atoms. The number of amides is 1. The number of hydrogen-bond acceptors (Lipinski definition) is 3. The molecule has 1 aromatic rings. The van der Waals surface area contributed by atoms with Crippen molar-refractivity contribution in [3.63, 3.8) is 0 Å². The van der Waals surface area contributed by atoms with E-state index in [1.807, 2.05) is 32.0 Å². The van der Waals surface area contributed by atoms with E-state index < -0.39 is 12.1 Å². The summed E-state index contributed by atoms with van der Waals surface area (Å²) in [4.78, 5) is 22.1. The van der Waals surface area contributed by atoms with Crippen molar-refractivity contribution in [1.82, 2.24) is 0 Å². The molecule has 1 amide bonds. The fraction of sp³-hybridized carbons (Fsp3) is 0.385. The van der Waals surface area contributed by atoms with E-state index in [-0.39, 0.29) is 12.5 Å². The number of carboxylic acids is 1. The van der Waals surface area contributed by atoms with E-state index >= 15 is 0 Å². The van der Waals surface area contributed by atoms with Crippen molar-refractivity contribution in [2.45, 2.75) is 26.9 Å². The van der Waals surface area contributed by atoms with Crippen LogP contribution in [0.3, 0.4) is 0 Å². The van der Waals surface area contributed by atoms with Crippen LogP contribution in [0.5, 0.6) is 0 Å². The largest absolute Gasteiger partial charge is 0.479 e. The summed E-state index contributed by atoms with van der Waals surface area (Å²) in [5.74, 6) is -1.45. The van der Waals surface area contributed by atoms with Gasteiger partial charge < -0.3 is 15.2 Å². The Bertz CT molecular complexity index is 456. The number of ether oxygens (including phenoxy) is 1. The molecule has 2 N–H and O–H groups in total. The summed E-state index contributed by atoms with van der Waals surface area (Å²) in [7, 11) is 0. The lowest BCUT2D eigenvalue weighted by Gasteiger charge is -2.11. The highest BCUT2D eigenvalue weighted by molar-refractivity contribution is 5.92. The number of hydrogen-bond donors (Lipinski definition) is 2. The van der Waals surface area contributed by atoms with E-state index in [1.165, 1.54) is 6.92 Å². The molecule has 98 valence electrons. The van der Waals surface area contributed by atoms with Gasteiger partial charge in [0.15, 0.2) is 6.10 Å². The molecular weight excluding hydrogens is 234 g/mol. The Balaban J connectivity index is 2.54. The lowest BCUT2D eigenvalue weighted by atomic mass is 10.1. The first-order valence-corrected chi connectivity index (χ1v) is 5.61. The van der Waals surface area contributed by atoms with Crippen LogP contribution in [0.1, 0.15) is 18.1 Å². The number of aryl methyl sites for hydroxylation is 2. The van der Waals surface area contributed by atoms with Crippen LogP contribution in [0.25, 0.3) is 0 Å².